The number of nitrogens with zero attached hydrogens (tertiary/aromatic N) is 3. The highest BCUT2D eigenvalue weighted by Gasteiger charge is 2.31. The van der Waals surface area contributed by atoms with Gasteiger partial charge in [0.1, 0.15) is 0 Å². The van der Waals surface area contributed by atoms with Crippen molar-refractivity contribution in [3.05, 3.63) is 0 Å². The molecule has 1 aliphatic heterocycles. The Labute approximate surface area is 124 Å². The molecule has 1 N–H and O–H groups in total. The second-order valence-corrected chi connectivity index (χ2v) is 7.56. The molecule has 20 heavy (non-hydrogen) atoms. The number of rotatable bonds is 8. The zero-order chi connectivity index (χ0) is 15.2. The molecular weight excluding hydrogens is 276 g/mol. The molecule has 0 aromatic rings. The van der Waals surface area contributed by atoms with Gasteiger partial charge in [0.15, 0.2) is 0 Å². The van der Waals surface area contributed by atoms with Crippen LogP contribution in [-0.2, 0) is 10.2 Å². The summed E-state index contributed by atoms with van der Waals surface area (Å²) in [4.78, 5) is 2.37. The van der Waals surface area contributed by atoms with Crippen molar-refractivity contribution in [2.24, 2.45) is 0 Å². The maximum atomic E-state index is 12.5. The van der Waals surface area contributed by atoms with E-state index in [2.05, 4.69) is 17.1 Å². The molecule has 120 valence electrons. The Morgan fingerprint density at radius 3 is 2.35 bits per heavy atom. The standard InChI is InChI=1S/C13H30N4O2S/c1-5-17-11-7-13(8-12-17)16(4)20(18,19)15(3)10-6-9-14-2/h13-14H,5-12H2,1-4H3. The van der Waals surface area contributed by atoms with E-state index in [0.29, 0.717) is 6.54 Å². The smallest absolute Gasteiger partial charge is 0.281 e. The first kappa shape index (κ1) is 17.8. The van der Waals surface area contributed by atoms with Crippen LogP contribution in [0.15, 0.2) is 0 Å². The summed E-state index contributed by atoms with van der Waals surface area (Å²) in [5.41, 5.74) is 0. The minimum atomic E-state index is -3.32. The normalized spacial score (nSPS) is 19.1. The number of piperidine rings is 1. The molecular formula is C13H30N4O2S. The van der Waals surface area contributed by atoms with Crippen LogP contribution < -0.4 is 5.32 Å². The van der Waals surface area contributed by atoms with Gasteiger partial charge in [-0.15, -0.1) is 0 Å². The summed E-state index contributed by atoms with van der Waals surface area (Å²) < 4.78 is 28.0. The highest BCUT2D eigenvalue weighted by atomic mass is 32.2. The lowest BCUT2D eigenvalue weighted by molar-refractivity contribution is 0.172. The van der Waals surface area contributed by atoms with Gasteiger partial charge in [-0.25, -0.2) is 0 Å². The molecule has 1 heterocycles. The van der Waals surface area contributed by atoms with Crippen molar-refractivity contribution in [1.29, 1.82) is 0 Å². The van der Waals surface area contributed by atoms with Crippen molar-refractivity contribution in [1.82, 2.24) is 18.8 Å². The van der Waals surface area contributed by atoms with Crippen LogP contribution in [0, 0.1) is 0 Å². The lowest BCUT2D eigenvalue weighted by Crippen LogP contribution is -2.49. The Kier molecular flexibility index (Phi) is 7.39. The van der Waals surface area contributed by atoms with Crippen molar-refractivity contribution < 1.29 is 8.42 Å². The van der Waals surface area contributed by atoms with Crippen LogP contribution in [0.1, 0.15) is 26.2 Å². The maximum absolute atomic E-state index is 12.5. The quantitative estimate of drug-likeness (QED) is 0.651. The molecule has 0 amide bonds. The SMILES string of the molecule is CCN1CCC(N(C)S(=O)(=O)N(C)CCCNC)CC1. The van der Waals surface area contributed by atoms with Gasteiger partial charge in [0.05, 0.1) is 0 Å². The van der Waals surface area contributed by atoms with E-state index in [-0.39, 0.29) is 6.04 Å². The maximum Gasteiger partial charge on any atom is 0.281 e. The van der Waals surface area contributed by atoms with Gasteiger partial charge in [0.2, 0.25) is 0 Å². The topological polar surface area (TPSA) is 55.9 Å². The predicted octanol–water partition coefficient (Wildman–Crippen LogP) is 0.189. The van der Waals surface area contributed by atoms with E-state index in [1.165, 1.54) is 4.31 Å². The molecule has 0 aliphatic carbocycles. The highest BCUT2D eigenvalue weighted by Crippen LogP contribution is 2.19. The van der Waals surface area contributed by atoms with E-state index in [0.717, 1.165) is 45.4 Å². The van der Waals surface area contributed by atoms with Crippen LogP contribution in [0.4, 0.5) is 0 Å². The third-order valence-corrected chi connectivity index (χ3v) is 6.17. The van der Waals surface area contributed by atoms with Crippen molar-refractivity contribution in [3.8, 4) is 0 Å². The van der Waals surface area contributed by atoms with E-state index in [1.807, 2.05) is 7.05 Å². The molecule has 0 radical (unpaired) electrons. The van der Waals surface area contributed by atoms with Crippen LogP contribution in [-0.4, -0.2) is 81.8 Å². The first-order chi connectivity index (χ1) is 9.43. The minimum absolute atomic E-state index is 0.134. The lowest BCUT2D eigenvalue weighted by Gasteiger charge is -2.37. The summed E-state index contributed by atoms with van der Waals surface area (Å²) in [5.74, 6) is 0. The van der Waals surface area contributed by atoms with Gasteiger partial charge < -0.3 is 10.2 Å². The first-order valence-electron chi connectivity index (χ1n) is 7.49. The van der Waals surface area contributed by atoms with Gasteiger partial charge in [0, 0.05) is 26.7 Å². The molecule has 0 spiro atoms. The van der Waals surface area contributed by atoms with E-state index in [4.69, 9.17) is 0 Å². The summed E-state index contributed by atoms with van der Waals surface area (Å²) in [6, 6.07) is 0.134. The van der Waals surface area contributed by atoms with Crippen LogP contribution in [0.5, 0.6) is 0 Å². The second kappa shape index (κ2) is 8.29. The second-order valence-electron chi connectivity index (χ2n) is 5.47. The largest absolute Gasteiger partial charge is 0.320 e. The van der Waals surface area contributed by atoms with Crippen molar-refractivity contribution in [2.45, 2.75) is 32.2 Å². The predicted molar refractivity (Wildman–Crippen MR) is 83.0 cm³/mol. The highest BCUT2D eigenvalue weighted by molar-refractivity contribution is 7.86. The fraction of sp³-hybridized carbons (Fsp3) is 1.00. The summed E-state index contributed by atoms with van der Waals surface area (Å²) in [6.07, 6.45) is 2.68. The summed E-state index contributed by atoms with van der Waals surface area (Å²) >= 11 is 0. The average molecular weight is 306 g/mol. The molecule has 0 saturated carbocycles. The summed E-state index contributed by atoms with van der Waals surface area (Å²) in [5, 5.41) is 3.04. The van der Waals surface area contributed by atoms with Crippen LogP contribution >= 0.6 is 0 Å². The zero-order valence-corrected chi connectivity index (χ0v) is 14.1. The molecule has 0 unspecified atom stereocenters. The molecule has 1 fully saturated rings. The monoisotopic (exact) mass is 306 g/mol. The van der Waals surface area contributed by atoms with Crippen molar-refractivity contribution >= 4 is 10.2 Å². The summed E-state index contributed by atoms with van der Waals surface area (Å²) in [6.45, 7) is 6.57. The average Bonchev–Trinajstić information content (AvgIpc) is 2.46. The fourth-order valence-electron chi connectivity index (χ4n) is 2.60. The number of likely N-dealkylation sites (tertiary alicyclic amines) is 1. The van der Waals surface area contributed by atoms with Crippen molar-refractivity contribution in [3.63, 3.8) is 0 Å². The number of nitrogens with one attached hydrogen (secondary N) is 1. The number of hydrogen-bond acceptors (Lipinski definition) is 4. The van der Waals surface area contributed by atoms with Crippen molar-refractivity contribution in [2.75, 3.05) is 53.9 Å². The lowest BCUT2D eigenvalue weighted by atomic mass is 10.1. The molecule has 1 aliphatic rings. The Hall–Kier alpha value is -0.210. The molecule has 0 aromatic carbocycles. The molecule has 6 nitrogen and oxygen atoms in total. The van der Waals surface area contributed by atoms with Gasteiger partial charge >= 0.3 is 0 Å². The summed E-state index contributed by atoms with van der Waals surface area (Å²) in [7, 11) is 1.94. The van der Waals surface area contributed by atoms with Crippen LogP contribution in [0.3, 0.4) is 0 Å². The van der Waals surface area contributed by atoms with Gasteiger partial charge in [-0.3, -0.25) is 0 Å². The fourth-order valence-corrected chi connectivity index (χ4v) is 3.99. The van der Waals surface area contributed by atoms with Gasteiger partial charge in [-0.2, -0.15) is 17.0 Å². The molecule has 7 heteroatoms. The van der Waals surface area contributed by atoms with Gasteiger partial charge in [0.25, 0.3) is 10.2 Å². The third kappa shape index (κ3) is 4.66. The van der Waals surface area contributed by atoms with Gasteiger partial charge in [-0.05, 0) is 52.5 Å². The van der Waals surface area contributed by atoms with Crippen LogP contribution in [0.2, 0.25) is 0 Å². The molecule has 0 atom stereocenters. The Morgan fingerprint density at radius 2 is 1.85 bits per heavy atom. The van der Waals surface area contributed by atoms with E-state index in [9.17, 15) is 8.42 Å². The Balaban J connectivity index is 2.54. The Bertz CT molecular complexity index is 367. The zero-order valence-electron chi connectivity index (χ0n) is 13.3. The molecule has 0 bridgehead atoms. The van der Waals surface area contributed by atoms with Crippen LogP contribution in [0.25, 0.3) is 0 Å². The number of hydrogen-bond donors (Lipinski definition) is 1. The first-order valence-corrected chi connectivity index (χ1v) is 8.89. The molecule has 1 rings (SSSR count). The molecule has 0 aromatic heterocycles. The third-order valence-electron chi connectivity index (χ3n) is 4.18. The van der Waals surface area contributed by atoms with E-state index < -0.39 is 10.2 Å². The Morgan fingerprint density at radius 1 is 1.25 bits per heavy atom. The molecule has 1 saturated heterocycles. The van der Waals surface area contributed by atoms with Gasteiger partial charge in [-0.1, -0.05) is 6.92 Å². The minimum Gasteiger partial charge on any atom is -0.320 e. The van der Waals surface area contributed by atoms with E-state index >= 15 is 0 Å². The van der Waals surface area contributed by atoms with E-state index in [1.54, 1.807) is 18.4 Å².